The summed E-state index contributed by atoms with van der Waals surface area (Å²) in [6.45, 7) is 5.35. The molecule has 0 amide bonds. The number of benzene rings is 1. The van der Waals surface area contributed by atoms with Gasteiger partial charge in [0.15, 0.2) is 5.05 Å². The van der Waals surface area contributed by atoms with Gasteiger partial charge < -0.3 is 9.47 Å². The molecular weight excluding hydrogens is 208 g/mol. The van der Waals surface area contributed by atoms with Crippen molar-refractivity contribution in [3.05, 3.63) is 29.8 Å². The number of thiocarbonyl (C=S) groups is 1. The van der Waals surface area contributed by atoms with Crippen molar-refractivity contribution in [1.82, 2.24) is 0 Å². The van der Waals surface area contributed by atoms with Gasteiger partial charge in [0.25, 0.3) is 0 Å². The molecular formula is C12H16O2S. The third-order valence-electron chi connectivity index (χ3n) is 1.84. The first-order valence-electron chi connectivity index (χ1n) is 5.18. The van der Waals surface area contributed by atoms with Gasteiger partial charge in [0.1, 0.15) is 5.75 Å². The smallest absolute Gasteiger partial charge is 0.191 e. The topological polar surface area (TPSA) is 18.5 Å². The van der Waals surface area contributed by atoms with Crippen LogP contribution >= 0.6 is 12.2 Å². The van der Waals surface area contributed by atoms with E-state index in [9.17, 15) is 0 Å². The molecule has 0 radical (unpaired) electrons. The molecule has 1 rings (SSSR count). The van der Waals surface area contributed by atoms with Crippen LogP contribution in [-0.4, -0.2) is 18.3 Å². The van der Waals surface area contributed by atoms with E-state index >= 15 is 0 Å². The Bertz CT molecular complexity index is 306. The monoisotopic (exact) mass is 224 g/mol. The lowest BCUT2D eigenvalue weighted by Gasteiger charge is -2.07. The lowest BCUT2D eigenvalue weighted by atomic mass is 10.2. The molecule has 0 aromatic heterocycles. The lowest BCUT2D eigenvalue weighted by molar-refractivity contribution is 0.317. The zero-order valence-electron chi connectivity index (χ0n) is 9.16. The molecule has 0 unspecified atom stereocenters. The van der Waals surface area contributed by atoms with Crippen LogP contribution in [0.25, 0.3) is 0 Å². The van der Waals surface area contributed by atoms with Crippen LogP contribution < -0.4 is 4.74 Å². The summed E-state index contributed by atoms with van der Waals surface area (Å²) in [7, 11) is 0. The Hall–Kier alpha value is -1.09. The summed E-state index contributed by atoms with van der Waals surface area (Å²) in [5, 5.41) is 0.541. The van der Waals surface area contributed by atoms with E-state index in [-0.39, 0.29) is 0 Å². The van der Waals surface area contributed by atoms with Crippen LogP contribution in [0.2, 0.25) is 0 Å². The van der Waals surface area contributed by atoms with E-state index in [1.807, 2.05) is 31.2 Å². The van der Waals surface area contributed by atoms with Crippen LogP contribution in [0.15, 0.2) is 24.3 Å². The van der Waals surface area contributed by atoms with Gasteiger partial charge in [-0.25, -0.2) is 0 Å². The normalized spacial score (nSPS) is 9.73. The molecule has 0 aliphatic carbocycles. The zero-order chi connectivity index (χ0) is 11.1. The summed E-state index contributed by atoms with van der Waals surface area (Å²) >= 11 is 5.09. The van der Waals surface area contributed by atoms with Crippen molar-refractivity contribution in [2.75, 3.05) is 13.2 Å². The molecule has 3 heteroatoms. The van der Waals surface area contributed by atoms with Crippen molar-refractivity contribution in [3.8, 4) is 5.75 Å². The second kappa shape index (κ2) is 6.40. The number of hydrogen-bond donors (Lipinski definition) is 0. The Morgan fingerprint density at radius 3 is 2.40 bits per heavy atom. The van der Waals surface area contributed by atoms with Gasteiger partial charge in [0.05, 0.1) is 13.2 Å². The van der Waals surface area contributed by atoms with Crippen LogP contribution in [0.4, 0.5) is 0 Å². The molecule has 0 N–H and O–H groups in total. The fourth-order valence-corrected chi connectivity index (χ4v) is 1.38. The van der Waals surface area contributed by atoms with Crippen molar-refractivity contribution >= 4 is 17.3 Å². The van der Waals surface area contributed by atoms with Gasteiger partial charge in [-0.1, -0.05) is 6.92 Å². The third kappa shape index (κ3) is 3.88. The van der Waals surface area contributed by atoms with Gasteiger partial charge in [-0.05, 0) is 49.8 Å². The van der Waals surface area contributed by atoms with Crippen LogP contribution in [0.3, 0.4) is 0 Å². The highest BCUT2D eigenvalue weighted by Crippen LogP contribution is 2.13. The van der Waals surface area contributed by atoms with Crippen molar-refractivity contribution in [3.63, 3.8) is 0 Å². The van der Waals surface area contributed by atoms with E-state index in [0.717, 1.165) is 24.3 Å². The predicted octanol–water partition coefficient (Wildman–Crippen LogP) is 3.19. The first-order valence-corrected chi connectivity index (χ1v) is 5.58. The summed E-state index contributed by atoms with van der Waals surface area (Å²) in [5.41, 5.74) is 0.927. The minimum atomic E-state index is 0.541. The van der Waals surface area contributed by atoms with Crippen molar-refractivity contribution in [1.29, 1.82) is 0 Å². The molecule has 0 aliphatic heterocycles. The number of hydrogen-bond acceptors (Lipinski definition) is 3. The predicted molar refractivity (Wildman–Crippen MR) is 65.6 cm³/mol. The van der Waals surface area contributed by atoms with E-state index in [1.165, 1.54) is 0 Å². The van der Waals surface area contributed by atoms with E-state index in [4.69, 9.17) is 21.7 Å². The molecule has 0 bridgehead atoms. The quantitative estimate of drug-likeness (QED) is 0.716. The Labute approximate surface area is 96.2 Å². The molecule has 1 aromatic rings. The molecule has 15 heavy (non-hydrogen) atoms. The molecule has 82 valence electrons. The third-order valence-corrected chi connectivity index (χ3v) is 2.19. The maximum Gasteiger partial charge on any atom is 0.191 e. The molecule has 0 saturated heterocycles. The van der Waals surface area contributed by atoms with Crippen LogP contribution in [-0.2, 0) is 4.74 Å². The Kier molecular flexibility index (Phi) is 5.12. The molecule has 0 heterocycles. The summed E-state index contributed by atoms with van der Waals surface area (Å²) in [6.07, 6.45) is 1.01. The summed E-state index contributed by atoms with van der Waals surface area (Å²) in [5.74, 6) is 0.875. The van der Waals surface area contributed by atoms with Crippen molar-refractivity contribution in [2.24, 2.45) is 0 Å². The molecule has 0 saturated carbocycles. The van der Waals surface area contributed by atoms with E-state index < -0.39 is 0 Å². The minimum absolute atomic E-state index is 0.541. The SMILES string of the molecule is CCCOc1ccc(C(=S)OCC)cc1. The van der Waals surface area contributed by atoms with Crippen molar-refractivity contribution in [2.45, 2.75) is 20.3 Å². The second-order valence-corrected chi connectivity index (χ2v) is 3.46. The maximum atomic E-state index is 5.47. The molecule has 0 spiro atoms. The highest BCUT2D eigenvalue weighted by molar-refractivity contribution is 7.80. The second-order valence-electron chi connectivity index (χ2n) is 3.09. The fourth-order valence-electron chi connectivity index (χ4n) is 1.12. The number of ether oxygens (including phenoxy) is 2. The van der Waals surface area contributed by atoms with Gasteiger partial charge in [-0.2, -0.15) is 0 Å². The van der Waals surface area contributed by atoms with Gasteiger partial charge in [0.2, 0.25) is 0 Å². The minimum Gasteiger partial charge on any atom is -0.494 e. The van der Waals surface area contributed by atoms with Gasteiger partial charge >= 0.3 is 0 Å². The molecule has 0 fully saturated rings. The highest BCUT2D eigenvalue weighted by atomic mass is 32.1. The van der Waals surface area contributed by atoms with E-state index in [1.54, 1.807) is 0 Å². The van der Waals surface area contributed by atoms with Crippen LogP contribution in [0.5, 0.6) is 5.75 Å². The summed E-state index contributed by atoms with van der Waals surface area (Å²) in [6, 6.07) is 7.67. The van der Waals surface area contributed by atoms with Gasteiger partial charge in [-0.3, -0.25) is 0 Å². The van der Waals surface area contributed by atoms with Gasteiger partial charge in [-0.15, -0.1) is 0 Å². The van der Waals surface area contributed by atoms with Gasteiger partial charge in [0, 0.05) is 5.56 Å². The summed E-state index contributed by atoms with van der Waals surface area (Å²) in [4.78, 5) is 0. The van der Waals surface area contributed by atoms with Crippen LogP contribution in [0, 0.1) is 0 Å². The molecule has 0 atom stereocenters. The lowest BCUT2D eigenvalue weighted by Crippen LogP contribution is -2.03. The average Bonchev–Trinajstić information content (AvgIpc) is 2.27. The first-order chi connectivity index (χ1) is 7.27. The Morgan fingerprint density at radius 1 is 1.20 bits per heavy atom. The summed E-state index contributed by atoms with van der Waals surface area (Å²) < 4.78 is 10.7. The van der Waals surface area contributed by atoms with Crippen molar-refractivity contribution < 1.29 is 9.47 Å². The average molecular weight is 224 g/mol. The fraction of sp³-hybridized carbons (Fsp3) is 0.417. The number of rotatable bonds is 5. The Morgan fingerprint density at radius 2 is 1.87 bits per heavy atom. The largest absolute Gasteiger partial charge is 0.494 e. The first kappa shape index (κ1) is 12.0. The van der Waals surface area contributed by atoms with E-state index in [2.05, 4.69) is 6.92 Å². The molecule has 2 nitrogen and oxygen atoms in total. The molecule has 1 aromatic carbocycles. The Balaban J connectivity index is 2.59. The zero-order valence-corrected chi connectivity index (χ0v) is 9.97. The standard InChI is InChI=1S/C12H16O2S/c1-3-9-14-11-7-5-10(6-8-11)12(15)13-4-2/h5-8H,3-4,9H2,1-2H3. The maximum absolute atomic E-state index is 5.47. The van der Waals surface area contributed by atoms with Crippen LogP contribution in [0.1, 0.15) is 25.8 Å². The highest BCUT2D eigenvalue weighted by Gasteiger charge is 2.01. The molecule has 0 aliphatic rings. The van der Waals surface area contributed by atoms with E-state index in [0.29, 0.717) is 11.7 Å².